The number of rotatable bonds is 10. The predicted molar refractivity (Wildman–Crippen MR) is 171 cm³/mol. The smallest absolute Gasteiger partial charge is 0.247 e. The number of hydrogen-bond donors (Lipinski definition) is 2. The summed E-state index contributed by atoms with van der Waals surface area (Å²) in [5.74, 6) is 2.28. The third-order valence-corrected chi connectivity index (χ3v) is 8.91. The number of halogens is 2. The van der Waals surface area contributed by atoms with Crippen LogP contribution in [-0.4, -0.2) is 67.2 Å². The van der Waals surface area contributed by atoms with E-state index in [1.807, 2.05) is 24.3 Å². The lowest BCUT2D eigenvalue weighted by Gasteiger charge is -2.37. The van der Waals surface area contributed by atoms with Gasteiger partial charge in [0, 0.05) is 51.3 Å². The van der Waals surface area contributed by atoms with Crippen molar-refractivity contribution in [2.45, 2.75) is 25.3 Å². The number of ether oxygens (including phenoxy) is 1. The number of methoxy groups -OCH3 is 1. The van der Waals surface area contributed by atoms with Crippen molar-refractivity contribution in [2.75, 3.05) is 67.0 Å². The van der Waals surface area contributed by atoms with E-state index in [-0.39, 0.29) is 11.9 Å². The molecule has 0 unspecified atom stereocenters. The summed E-state index contributed by atoms with van der Waals surface area (Å²) in [7, 11) is 1.63. The van der Waals surface area contributed by atoms with Gasteiger partial charge in [0.05, 0.1) is 46.9 Å². The topological polar surface area (TPSA) is 95.1 Å². The van der Waals surface area contributed by atoms with Crippen molar-refractivity contribution >= 4 is 57.8 Å². The van der Waals surface area contributed by atoms with E-state index in [1.165, 1.54) is 31.8 Å². The summed E-state index contributed by atoms with van der Waals surface area (Å²) in [4.78, 5) is 32.1. The molecule has 2 aliphatic heterocycles. The second-order valence-corrected chi connectivity index (χ2v) is 11.8. The van der Waals surface area contributed by atoms with E-state index >= 15 is 0 Å². The summed E-state index contributed by atoms with van der Waals surface area (Å²) in [5, 5.41) is 9.07. The maximum absolute atomic E-state index is 12.4. The Morgan fingerprint density at radius 2 is 1.93 bits per heavy atom. The lowest BCUT2D eigenvalue weighted by molar-refractivity contribution is -0.111. The molecule has 1 saturated carbocycles. The molecule has 1 atom stereocenters. The van der Waals surface area contributed by atoms with Crippen LogP contribution in [0.3, 0.4) is 0 Å². The maximum atomic E-state index is 12.4. The molecule has 3 heterocycles. The quantitative estimate of drug-likeness (QED) is 0.261. The molecule has 3 aliphatic rings. The van der Waals surface area contributed by atoms with Gasteiger partial charge in [0.15, 0.2) is 5.82 Å². The number of piperazine rings is 1. The lowest BCUT2D eigenvalue weighted by Crippen LogP contribution is -2.47. The van der Waals surface area contributed by atoms with Crippen molar-refractivity contribution < 1.29 is 14.4 Å². The van der Waals surface area contributed by atoms with Gasteiger partial charge in [-0.25, -0.2) is 15.0 Å². The Labute approximate surface area is 261 Å². The van der Waals surface area contributed by atoms with Crippen molar-refractivity contribution in [3.63, 3.8) is 0 Å². The molecule has 6 rings (SSSR count). The van der Waals surface area contributed by atoms with Gasteiger partial charge < -0.3 is 20.3 Å². The Bertz CT molecular complexity index is 1490. The number of hydrogen-bond acceptors (Lipinski definition) is 9. The number of carbonyl (C=O) groups excluding carboxylic acids is 1. The van der Waals surface area contributed by atoms with E-state index in [1.54, 1.807) is 24.3 Å². The number of carbonyl (C=O) groups is 1. The molecule has 43 heavy (non-hydrogen) atoms. The second-order valence-electron chi connectivity index (χ2n) is 11.0. The summed E-state index contributed by atoms with van der Waals surface area (Å²) in [5.41, 5.74) is 3.07. The number of benzene rings is 2. The summed E-state index contributed by atoms with van der Waals surface area (Å²) >= 11 is 12.8. The van der Waals surface area contributed by atoms with Crippen LogP contribution in [0, 0.1) is 5.92 Å². The number of amides is 1. The zero-order chi connectivity index (χ0) is 29.9. The van der Waals surface area contributed by atoms with Gasteiger partial charge in [-0.3, -0.25) is 14.5 Å². The highest BCUT2D eigenvalue weighted by Gasteiger charge is 2.32. The summed E-state index contributed by atoms with van der Waals surface area (Å²) < 4.78 is 5.81. The number of aromatic nitrogens is 2. The minimum absolute atomic E-state index is 0.159. The zero-order valence-electron chi connectivity index (χ0n) is 24.1. The van der Waals surface area contributed by atoms with Crippen LogP contribution in [0.1, 0.15) is 30.9 Å². The molecule has 3 fully saturated rings. The number of nitrogens with one attached hydrogen (secondary N) is 2. The second kappa shape index (κ2) is 13.0. The van der Waals surface area contributed by atoms with E-state index < -0.39 is 0 Å². The average Bonchev–Trinajstić information content (AvgIpc) is 3.70. The highest BCUT2D eigenvalue weighted by molar-refractivity contribution is 6.42. The standard InChI is InChI=1S/C31H35Cl2N7O3/c1-3-30(41)37-23-15-24(27(42-2)16-26(23)39-12-10-38(11-13-39)18-20-7-8-20)36-28-17-29(35-19-34-28)40-25(9-14-43-40)21-5-4-6-22(32)31(21)33/h3-6,15-17,19-20,25H,1,7-14,18H2,2H3,(H,37,41)(H,34,35,36)/t25-/m1/s1. The minimum Gasteiger partial charge on any atom is -0.494 e. The van der Waals surface area contributed by atoms with Crippen molar-refractivity contribution in [1.82, 2.24) is 14.9 Å². The van der Waals surface area contributed by atoms with Crippen LogP contribution in [0.25, 0.3) is 0 Å². The molecule has 0 spiro atoms. The molecule has 2 aromatic carbocycles. The number of nitrogens with zero attached hydrogens (tertiary/aromatic N) is 5. The van der Waals surface area contributed by atoms with Crippen molar-refractivity contribution in [3.8, 4) is 5.75 Å². The molecule has 10 nitrogen and oxygen atoms in total. The zero-order valence-corrected chi connectivity index (χ0v) is 25.6. The van der Waals surface area contributed by atoms with Crippen LogP contribution in [0.15, 0.2) is 55.4 Å². The molecule has 0 bridgehead atoms. The Morgan fingerprint density at radius 3 is 2.67 bits per heavy atom. The van der Waals surface area contributed by atoms with E-state index in [4.69, 9.17) is 32.8 Å². The van der Waals surface area contributed by atoms with E-state index in [2.05, 4.69) is 37.0 Å². The van der Waals surface area contributed by atoms with Crippen LogP contribution in [-0.2, 0) is 9.63 Å². The Morgan fingerprint density at radius 1 is 1.12 bits per heavy atom. The van der Waals surface area contributed by atoms with Gasteiger partial charge in [0.1, 0.15) is 17.9 Å². The van der Waals surface area contributed by atoms with Crippen molar-refractivity contribution in [3.05, 3.63) is 71.0 Å². The molecule has 12 heteroatoms. The summed E-state index contributed by atoms with van der Waals surface area (Å²) in [6, 6.07) is 11.0. The first-order chi connectivity index (χ1) is 20.9. The molecule has 226 valence electrons. The highest BCUT2D eigenvalue weighted by atomic mass is 35.5. The number of hydroxylamine groups is 1. The Hall–Kier alpha value is -3.57. The largest absolute Gasteiger partial charge is 0.494 e. The van der Waals surface area contributed by atoms with Crippen molar-refractivity contribution in [1.29, 1.82) is 0 Å². The molecule has 1 aliphatic carbocycles. The third-order valence-electron chi connectivity index (χ3n) is 8.07. The fourth-order valence-corrected chi connectivity index (χ4v) is 6.08. The third kappa shape index (κ3) is 6.67. The van der Waals surface area contributed by atoms with Crippen LogP contribution < -0.4 is 25.3 Å². The molecule has 1 amide bonds. The molecule has 1 aromatic heterocycles. The molecule has 0 radical (unpaired) electrons. The van der Waals surface area contributed by atoms with Crippen LogP contribution in [0.5, 0.6) is 5.75 Å². The molecular formula is C31H35Cl2N7O3. The van der Waals surface area contributed by atoms with Gasteiger partial charge >= 0.3 is 0 Å². The van der Waals surface area contributed by atoms with Crippen LogP contribution >= 0.6 is 23.2 Å². The molecular weight excluding hydrogens is 589 g/mol. The first-order valence-corrected chi connectivity index (χ1v) is 15.3. The average molecular weight is 625 g/mol. The summed E-state index contributed by atoms with van der Waals surface area (Å²) in [6.45, 7) is 9.01. The van der Waals surface area contributed by atoms with Gasteiger partial charge in [-0.15, -0.1) is 0 Å². The normalized spacial score (nSPS) is 18.9. The molecule has 3 aromatic rings. The van der Waals surface area contributed by atoms with Gasteiger partial charge in [-0.2, -0.15) is 0 Å². The SMILES string of the molecule is C=CC(=O)Nc1cc(Nc2cc(N3OCC[C@@H]3c3cccc(Cl)c3Cl)ncn2)c(OC)cc1N1CCN(CC2CC2)CC1. The monoisotopic (exact) mass is 623 g/mol. The fourth-order valence-electron chi connectivity index (χ4n) is 5.65. The van der Waals surface area contributed by atoms with Gasteiger partial charge in [0.2, 0.25) is 5.91 Å². The highest BCUT2D eigenvalue weighted by Crippen LogP contribution is 2.42. The predicted octanol–water partition coefficient (Wildman–Crippen LogP) is 6.08. The van der Waals surface area contributed by atoms with Gasteiger partial charge in [0.25, 0.3) is 0 Å². The summed E-state index contributed by atoms with van der Waals surface area (Å²) in [6.07, 6.45) is 6.16. The van der Waals surface area contributed by atoms with Crippen LogP contribution in [0.2, 0.25) is 10.0 Å². The van der Waals surface area contributed by atoms with E-state index in [0.717, 1.165) is 49.8 Å². The molecule has 2 saturated heterocycles. The maximum Gasteiger partial charge on any atom is 0.247 e. The first kappa shape index (κ1) is 29.5. The van der Waals surface area contributed by atoms with Gasteiger partial charge in [-0.05, 0) is 42.5 Å². The number of anilines is 5. The Balaban J connectivity index is 1.25. The molecule has 2 N–H and O–H groups in total. The minimum atomic E-state index is -0.286. The lowest BCUT2D eigenvalue weighted by atomic mass is 10.0. The van der Waals surface area contributed by atoms with E-state index in [9.17, 15) is 4.79 Å². The Kier molecular flexibility index (Phi) is 8.90. The van der Waals surface area contributed by atoms with E-state index in [0.29, 0.717) is 45.4 Å². The van der Waals surface area contributed by atoms with Gasteiger partial charge in [-0.1, -0.05) is 41.9 Å². The van der Waals surface area contributed by atoms with Crippen LogP contribution in [0.4, 0.5) is 28.7 Å². The fraction of sp³-hybridized carbons (Fsp3) is 0.387. The van der Waals surface area contributed by atoms with Crippen molar-refractivity contribution in [2.24, 2.45) is 5.92 Å². The first-order valence-electron chi connectivity index (χ1n) is 14.5.